The van der Waals surface area contributed by atoms with Crippen LogP contribution in [0.1, 0.15) is 43.0 Å². The fourth-order valence-corrected chi connectivity index (χ4v) is 4.17. The minimum Gasteiger partial charge on any atom is -0.484 e. The lowest BCUT2D eigenvalue weighted by Crippen LogP contribution is -2.42. The molecule has 0 aliphatic heterocycles. The summed E-state index contributed by atoms with van der Waals surface area (Å²) in [5.74, 6) is 2.26. The molecule has 3 rings (SSSR count). The van der Waals surface area contributed by atoms with Crippen LogP contribution >= 0.6 is 0 Å². The van der Waals surface area contributed by atoms with Crippen molar-refractivity contribution in [3.8, 4) is 5.75 Å². The Kier molecular flexibility index (Phi) is 4.55. The average molecular weight is 316 g/mol. The fourth-order valence-electron chi connectivity index (χ4n) is 4.17. The minimum absolute atomic E-state index is 0.0128. The lowest BCUT2D eigenvalue weighted by molar-refractivity contribution is -0.124. The van der Waals surface area contributed by atoms with Crippen molar-refractivity contribution < 1.29 is 14.3 Å². The molecule has 2 bridgehead atoms. The van der Waals surface area contributed by atoms with Gasteiger partial charge in [-0.3, -0.25) is 9.59 Å². The van der Waals surface area contributed by atoms with Crippen LogP contribution in [0.3, 0.4) is 0 Å². The fraction of sp³-hybridized carbons (Fsp3) is 0.556. The Hall–Kier alpha value is -2.04. The monoisotopic (exact) mass is 316 g/mol. The second-order valence-corrected chi connectivity index (χ2v) is 6.87. The lowest BCUT2D eigenvalue weighted by atomic mass is 9.84. The van der Waals surface area contributed by atoms with Crippen LogP contribution in [0.5, 0.6) is 5.75 Å². The molecule has 3 N–H and O–H groups in total. The van der Waals surface area contributed by atoms with Crippen LogP contribution in [0.25, 0.3) is 0 Å². The first kappa shape index (κ1) is 15.8. The Labute approximate surface area is 136 Å². The van der Waals surface area contributed by atoms with Gasteiger partial charge in [-0.25, -0.2) is 0 Å². The first-order chi connectivity index (χ1) is 11.0. The zero-order valence-corrected chi connectivity index (χ0v) is 13.5. The van der Waals surface area contributed by atoms with Gasteiger partial charge in [-0.1, -0.05) is 6.42 Å². The van der Waals surface area contributed by atoms with Gasteiger partial charge in [-0.05, 0) is 68.2 Å². The molecule has 1 aromatic rings. The number of primary amides is 1. The summed E-state index contributed by atoms with van der Waals surface area (Å²) in [5.41, 5.74) is 5.61. The van der Waals surface area contributed by atoms with E-state index in [0.717, 1.165) is 11.8 Å². The van der Waals surface area contributed by atoms with Gasteiger partial charge in [0.25, 0.3) is 5.91 Å². The third kappa shape index (κ3) is 3.66. The molecule has 0 radical (unpaired) electrons. The molecule has 4 atom stereocenters. The van der Waals surface area contributed by atoms with E-state index in [9.17, 15) is 9.59 Å². The SMILES string of the molecule is CC(NC(=O)COc1ccc(C(N)=O)cc1)C1CC2CCC1C2. The maximum Gasteiger partial charge on any atom is 0.258 e. The topological polar surface area (TPSA) is 81.4 Å². The van der Waals surface area contributed by atoms with Crippen molar-refractivity contribution in [3.05, 3.63) is 29.8 Å². The number of nitrogens with two attached hydrogens (primary N) is 1. The van der Waals surface area contributed by atoms with Crippen molar-refractivity contribution in [1.29, 1.82) is 0 Å². The number of benzene rings is 1. The molecule has 1 aromatic carbocycles. The third-order valence-corrected chi connectivity index (χ3v) is 5.33. The summed E-state index contributed by atoms with van der Waals surface area (Å²) in [6.07, 6.45) is 5.28. The van der Waals surface area contributed by atoms with Crippen LogP contribution in [-0.2, 0) is 4.79 Å². The number of hydrogen-bond acceptors (Lipinski definition) is 3. The van der Waals surface area contributed by atoms with Gasteiger partial charge in [0.15, 0.2) is 6.61 Å². The molecule has 0 saturated heterocycles. The number of fused-ring (bicyclic) bond motifs is 2. The standard InChI is InChI=1S/C18H24N2O3/c1-11(16-9-12-2-3-14(16)8-12)20-17(21)10-23-15-6-4-13(5-7-15)18(19)22/h4-7,11-12,14,16H,2-3,8-10H2,1H3,(H2,19,22)(H,20,21). The summed E-state index contributed by atoms with van der Waals surface area (Å²) in [5, 5.41) is 3.07. The minimum atomic E-state index is -0.478. The summed E-state index contributed by atoms with van der Waals surface area (Å²) in [6.45, 7) is 2.09. The molecule has 124 valence electrons. The van der Waals surface area contributed by atoms with E-state index in [4.69, 9.17) is 10.5 Å². The molecule has 5 heteroatoms. The van der Waals surface area contributed by atoms with Crippen LogP contribution < -0.4 is 15.8 Å². The first-order valence-electron chi connectivity index (χ1n) is 8.35. The molecular formula is C18H24N2O3. The molecule has 5 nitrogen and oxygen atoms in total. The quantitative estimate of drug-likeness (QED) is 0.843. The van der Waals surface area contributed by atoms with Crippen molar-refractivity contribution in [3.63, 3.8) is 0 Å². The van der Waals surface area contributed by atoms with Crippen LogP contribution in [-0.4, -0.2) is 24.5 Å². The van der Waals surface area contributed by atoms with E-state index < -0.39 is 5.91 Å². The lowest BCUT2D eigenvalue weighted by Gasteiger charge is -2.28. The molecule has 23 heavy (non-hydrogen) atoms. The van der Waals surface area contributed by atoms with E-state index >= 15 is 0 Å². The largest absolute Gasteiger partial charge is 0.484 e. The molecule has 0 spiro atoms. The molecule has 0 heterocycles. The Bertz CT molecular complexity index is 584. The van der Waals surface area contributed by atoms with Crippen molar-refractivity contribution in [1.82, 2.24) is 5.32 Å². The molecule has 2 fully saturated rings. The van der Waals surface area contributed by atoms with Gasteiger partial charge < -0.3 is 15.8 Å². The number of carbonyl (C=O) groups excluding carboxylic acids is 2. The van der Waals surface area contributed by atoms with Crippen LogP contribution in [0.15, 0.2) is 24.3 Å². The van der Waals surface area contributed by atoms with Gasteiger partial charge in [0.1, 0.15) is 5.75 Å². The predicted molar refractivity (Wildman–Crippen MR) is 87.0 cm³/mol. The Morgan fingerprint density at radius 1 is 1.26 bits per heavy atom. The van der Waals surface area contributed by atoms with Crippen LogP contribution in [0.4, 0.5) is 0 Å². The Morgan fingerprint density at radius 2 is 2.00 bits per heavy atom. The molecular weight excluding hydrogens is 292 g/mol. The van der Waals surface area contributed by atoms with Crippen molar-refractivity contribution >= 4 is 11.8 Å². The van der Waals surface area contributed by atoms with E-state index in [0.29, 0.717) is 17.2 Å². The van der Waals surface area contributed by atoms with Crippen molar-refractivity contribution in [2.45, 2.75) is 38.6 Å². The number of ether oxygens (including phenoxy) is 1. The number of nitrogens with one attached hydrogen (secondary N) is 1. The number of rotatable bonds is 6. The summed E-state index contributed by atoms with van der Waals surface area (Å²) in [7, 11) is 0. The highest BCUT2D eigenvalue weighted by Gasteiger charge is 2.42. The summed E-state index contributed by atoms with van der Waals surface area (Å²) < 4.78 is 5.46. The summed E-state index contributed by atoms with van der Waals surface area (Å²) in [6, 6.07) is 6.68. The van der Waals surface area contributed by atoms with Gasteiger partial charge >= 0.3 is 0 Å². The van der Waals surface area contributed by atoms with E-state index in [1.807, 2.05) is 0 Å². The van der Waals surface area contributed by atoms with Crippen molar-refractivity contribution in [2.24, 2.45) is 23.5 Å². The normalized spacial score (nSPS) is 26.7. The molecule has 4 unspecified atom stereocenters. The van der Waals surface area contributed by atoms with Gasteiger partial charge in [0, 0.05) is 11.6 Å². The smallest absolute Gasteiger partial charge is 0.258 e. The highest BCUT2D eigenvalue weighted by molar-refractivity contribution is 5.92. The molecule has 2 saturated carbocycles. The second-order valence-electron chi connectivity index (χ2n) is 6.87. The number of amides is 2. The van der Waals surface area contributed by atoms with Gasteiger partial charge in [0.2, 0.25) is 5.91 Å². The van der Waals surface area contributed by atoms with Crippen molar-refractivity contribution in [2.75, 3.05) is 6.61 Å². The van der Waals surface area contributed by atoms with Crippen LogP contribution in [0.2, 0.25) is 0 Å². The molecule has 0 aromatic heterocycles. The summed E-state index contributed by atoms with van der Waals surface area (Å²) in [4.78, 5) is 23.1. The first-order valence-corrected chi connectivity index (χ1v) is 8.35. The second kappa shape index (κ2) is 6.60. The number of carbonyl (C=O) groups is 2. The molecule has 2 amide bonds. The van der Waals surface area contributed by atoms with E-state index in [-0.39, 0.29) is 18.6 Å². The van der Waals surface area contributed by atoms with E-state index in [2.05, 4.69) is 12.2 Å². The van der Waals surface area contributed by atoms with Gasteiger partial charge in [0.05, 0.1) is 0 Å². The molecule has 2 aliphatic rings. The van der Waals surface area contributed by atoms with Gasteiger partial charge in [-0.15, -0.1) is 0 Å². The zero-order valence-electron chi connectivity index (χ0n) is 13.5. The highest BCUT2D eigenvalue weighted by Crippen LogP contribution is 2.49. The number of hydrogen-bond donors (Lipinski definition) is 2. The Morgan fingerprint density at radius 3 is 2.57 bits per heavy atom. The van der Waals surface area contributed by atoms with Crippen LogP contribution in [0, 0.1) is 17.8 Å². The predicted octanol–water partition coefficient (Wildman–Crippen LogP) is 2.11. The maximum absolute atomic E-state index is 12.1. The van der Waals surface area contributed by atoms with E-state index in [1.165, 1.54) is 25.7 Å². The highest BCUT2D eigenvalue weighted by atomic mass is 16.5. The van der Waals surface area contributed by atoms with Gasteiger partial charge in [-0.2, -0.15) is 0 Å². The maximum atomic E-state index is 12.1. The summed E-state index contributed by atoms with van der Waals surface area (Å²) >= 11 is 0. The van der Waals surface area contributed by atoms with E-state index in [1.54, 1.807) is 24.3 Å². The Balaban J connectivity index is 1.45. The molecule has 2 aliphatic carbocycles. The average Bonchev–Trinajstić information content (AvgIpc) is 3.16. The zero-order chi connectivity index (χ0) is 16.4. The third-order valence-electron chi connectivity index (χ3n) is 5.33.